The van der Waals surface area contributed by atoms with Crippen molar-refractivity contribution in [2.45, 2.75) is 32.8 Å². The van der Waals surface area contributed by atoms with Crippen LogP contribution in [0.4, 0.5) is 11.8 Å². The predicted molar refractivity (Wildman–Crippen MR) is 86.8 cm³/mol. The van der Waals surface area contributed by atoms with Gasteiger partial charge in [-0.3, -0.25) is 5.43 Å². The summed E-state index contributed by atoms with van der Waals surface area (Å²) in [6.07, 6.45) is 2.51. The highest BCUT2D eigenvalue weighted by Crippen LogP contribution is 2.33. The maximum Gasteiger partial charge on any atom is 0.240 e. The first-order chi connectivity index (χ1) is 10.2. The van der Waals surface area contributed by atoms with Gasteiger partial charge in [0.25, 0.3) is 0 Å². The van der Waals surface area contributed by atoms with Gasteiger partial charge >= 0.3 is 0 Å². The molecule has 114 valence electrons. The third kappa shape index (κ3) is 2.95. The van der Waals surface area contributed by atoms with Crippen LogP contribution in [0.5, 0.6) is 0 Å². The fourth-order valence-electron chi connectivity index (χ4n) is 2.83. The summed E-state index contributed by atoms with van der Waals surface area (Å²) >= 11 is 1.67. The molecule has 7 heteroatoms. The van der Waals surface area contributed by atoms with E-state index in [9.17, 15) is 0 Å². The molecule has 2 aromatic rings. The highest BCUT2D eigenvalue weighted by atomic mass is 32.1. The Morgan fingerprint density at radius 2 is 2.38 bits per heavy atom. The van der Waals surface area contributed by atoms with Crippen LogP contribution < -0.4 is 16.2 Å². The molecule has 1 unspecified atom stereocenters. The summed E-state index contributed by atoms with van der Waals surface area (Å²) in [5.41, 5.74) is 2.57. The standard InChI is InChI=1S/C14H21N5OS/c1-3-20-10-5-4-6-19(8-10)12-11-7-9(2)21-13(11)17-14(16-12)18-15/h7,10H,3-6,8,15H2,1-2H3,(H,16,17,18). The van der Waals surface area contributed by atoms with Crippen molar-refractivity contribution in [3.63, 3.8) is 0 Å². The van der Waals surface area contributed by atoms with E-state index in [1.165, 1.54) is 4.88 Å². The number of rotatable bonds is 4. The second-order valence-corrected chi connectivity index (χ2v) is 6.49. The van der Waals surface area contributed by atoms with Crippen LogP contribution in [0.3, 0.4) is 0 Å². The summed E-state index contributed by atoms with van der Waals surface area (Å²) in [7, 11) is 0. The molecular formula is C14H21N5OS. The first kappa shape index (κ1) is 14.5. The van der Waals surface area contributed by atoms with Crippen LogP contribution in [0.1, 0.15) is 24.6 Å². The van der Waals surface area contributed by atoms with Gasteiger partial charge in [0.05, 0.1) is 11.5 Å². The van der Waals surface area contributed by atoms with Crippen LogP contribution in [0.2, 0.25) is 0 Å². The van der Waals surface area contributed by atoms with E-state index in [1.807, 2.05) is 6.92 Å². The van der Waals surface area contributed by atoms with Crippen molar-refractivity contribution in [3.8, 4) is 0 Å². The Kier molecular flexibility index (Phi) is 4.23. The average molecular weight is 307 g/mol. The van der Waals surface area contributed by atoms with E-state index in [0.29, 0.717) is 5.95 Å². The lowest BCUT2D eigenvalue weighted by molar-refractivity contribution is 0.0526. The first-order valence-corrected chi connectivity index (χ1v) is 8.14. The van der Waals surface area contributed by atoms with Gasteiger partial charge in [0, 0.05) is 24.6 Å². The van der Waals surface area contributed by atoms with Crippen molar-refractivity contribution in [2.24, 2.45) is 5.84 Å². The number of nitrogen functional groups attached to an aromatic ring is 1. The molecule has 0 aromatic carbocycles. The number of nitrogens with one attached hydrogen (secondary N) is 1. The topological polar surface area (TPSA) is 76.3 Å². The second kappa shape index (κ2) is 6.13. The zero-order valence-corrected chi connectivity index (χ0v) is 13.2. The van der Waals surface area contributed by atoms with E-state index >= 15 is 0 Å². The molecule has 0 spiro atoms. The van der Waals surface area contributed by atoms with Crippen molar-refractivity contribution < 1.29 is 4.74 Å². The zero-order valence-electron chi connectivity index (χ0n) is 12.4. The molecular weight excluding hydrogens is 286 g/mol. The van der Waals surface area contributed by atoms with Gasteiger partial charge in [-0.15, -0.1) is 11.3 Å². The number of hydrogen-bond donors (Lipinski definition) is 2. The lowest BCUT2D eigenvalue weighted by Crippen LogP contribution is -2.40. The molecule has 0 amide bonds. The number of aromatic nitrogens is 2. The monoisotopic (exact) mass is 307 g/mol. The molecule has 1 aliphatic heterocycles. The molecule has 2 aromatic heterocycles. The van der Waals surface area contributed by atoms with Crippen molar-refractivity contribution in [3.05, 3.63) is 10.9 Å². The van der Waals surface area contributed by atoms with Crippen molar-refractivity contribution in [1.82, 2.24) is 9.97 Å². The molecule has 21 heavy (non-hydrogen) atoms. The molecule has 1 saturated heterocycles. The molecule has 1 atom stereocenters. The number of aryl methyl sites for hydroxylation is 1. The lowest BCUT2D eigenvalue weighted by atomic mass is 10.1. The van der Waals surface area contributed by atoms with Crippen LogP contribution >= 0.6 is 11.3 Å². The Labute approximate surface area is 128 Å². The largest absolute Gasteiger partial charge is 0.377 e. The van der Waals surface area contributed by atoms with E-state index in [4.69, 9.17) is 10.6 Å². The number of piperidine rings is 1. The zero-order chi connectivity index (χ0) is 14.8. The molecule has 0 saturated carbocycles. The van der Waals surface area contributed by atoms with Gasteiger partial charge < -0.3 is 9.64 Å². The van der Waals surface area contributed by atoms with E-state index in [1.54, 1.807) is 11.3 Å². The Morgan fingerprint density at radius 1 is 1.52 bits per heavy atom. The van der Waals surface area contributed by atoms with Crippen molar-refractivity contribution >= 4 is 33.3 Å². The SMILES string of the molecule is CCOC1CCCN(c2nc(NN)nc3sc(C)cc23)C1. The molecule has 3 N–H and O–H groups in total. The molecule has 3 rings (SSSR count). The Balaban J connectivity index is 1.97. The van der Waals surface area contributed by atoms with Crippen LogP contribution in [-0.4, -0.2) is 35.8 Å². The maximum absolute atomic E-state index is 5.79. The van der Waals surface area contributed by atoms with Crippen LogP contribution in [-0.2, 0) is 4.74 Å². The highest BCUT2D eigenvalue weighted by Gasteiger charge is 2.24. The van der Waals surface area contributed by atoms with E-state index in [2.05, 4.69) is 33.3 Å². The quantitative estimate of drug-likeness (QED) is 0.667. The van der Waals surface area contributed by atoms with Gasteiger partial charge in [0.2, 0.25) is 5.95 Å². The minimum absolute atomic E-state index is 0.280. The highest BCUT2D eigenvalue weighted by molar-refractivity contribution is 7.18. The third-order valence-corrected chi connectivity index (χ3v) is 4.65. The smallest absolute Gasteiger partial charge is 0.240 e. The third-order valence-electron chi connectivity index (χ3n) is 3.70. The summed E-state index contributed by atoms with van der Waals surface area (Å²) in [6, 6.07) is 2.15. The summed E-state index contributed by atoms with van der Waals surface area (Å²) in [5, 5.41) is 1.11. The van der Waals surface area contributed by atoms with Gasteiger partial charge in [-0.2, -0.15) is 4.98 Å². The van der Waals surface area contributed by atoms with Crippen molar-refractivity contribution in [1.29, 1.82) is 0 Å². The Morgan fingerprint density at radius 3 is 3.14 bits per heavy atom. The average Bonchev–Trinajstić information content (AvgIpc) is 2.86. The van der Waals surface area contributed by atoms with Gasteiger partial charge in [-0.25, -0.2) is 10.8 Å². The maximum atomic E-state index is 5.79. The summed E-state index contributed by atoms with van der Waals surface area (Å²) < 4.78 is 5.79. The first-order valence-electron chi connectivity index (χ1n) is 7.32. The lowest BCUT2D eigenvalue weighted by Gasteiger charge is -2.33. The fraction of sp³-hybridized carbons (Fsp3) is 0.571. The number of hydrazine groups is 1. The normalized spacial score (nSPS) is 19.2. The molecule has 3 heterocycles. The van der Waals surface area contributed by atoms with Crippen LogP contribution in [0.25, 0.3) is 10.2 Å². The van der Waals surface area contributed by atoms with E-state index in [0.717, 1.165) is 48.6 Å². The molecule has 0 radical (unpaired) electrons. The summed E-state index contributed by atoms with van der Waals surface area (Å²) in [4.78, 5) is 13.5. The van der Waals surface area contributed by atoms with Gasteiger partial charge in [0.1, 0.15) is 10.6 Å². The number of thiophene rings is 1. The van der Waals surface area contributed by atoms with Crippen molar-refractivity contribution in [2.75, 3.05) is 30.0 Å². The van der Waals surface area contributed by atoms with Crippen LogP contribution in [0, 0.1) is 6.92 Å². The van der Waals surface area contributed by atoms with E-state index in [-0.39, 0.29) is 6.10 Å². The summed E-state index contributed by atoms with van der Waals surface area (Å²) in [6.45, 7) is 6.75. The van der Waals surface area contributed by atoms with Crippen LogP contribution in [0.15, 0.2) is 6.07 Å². The number of nitrogens with two attached hydrogens (primary N) is 1. The van der Waals surface area contributed by atoms with Gasteiger partial charge in [0.15, 0.2) is 0 Å². The number of nitrogens with zero attached hydrogens (tertiary/aromatic N) is 3. The van der Waals surface area contributed by atoms with Gasteiger partial charge in [-0.05, 0) is 32.8 Å². The minimum Gasteiger partial charge on any atom is -0.377 e. The summed E-state index contributed by atoms with van der Waals surface area (Å²) in [5.74, 6) is 6.94. The predicted octanol–water partition coefficient (Wildman–Crippen LogP) is 2.29. The molecule has 6 nitrogen and oxygen atoms in total. The number of ether oxygens (including phenoxy) is 1. The Bertz CT molecular complexity index is 627. The van der Waals surface area contributed by atoms with E-state index < -0.39 is 0 Å². The Hall–Kier alpha value is -1.44. The molecule has 1 fully saturated rings. The fourth-order valence-corrected chi connectivity index (χ4v) is 3.71. The minimum atomic E-state index is 0.280. The molecule has 0 aliphatic carbocycles. The number of fused-ring (bicyclic) bond motifs is 1. The second-order valence-electron chi connectivity index (χ2n) is 5.26. The molecule has 0 bridgehead atoms. The number of anilines is 2. The van der Waals surface area contributed by atoms with Gasteiger partial charge in [-0.1, -0.05) is 0 Å². The molecule has 1 aliphatic rings. The number of hydrogen-bond acceptors (Lipinski definition) is 7.